The first-order valence-corrected chi connectivity index (χ1v) is 7.24. The Morgan fingerprint density at radius 2 is 2.20 bits per heavy atom. The summed E-state index contributed by atoms with van der Waals surface area (Å²) in [6, 6.07) is 7.51. The molecule has 0 fully saturated rings. The van der Waals surface area contributed by atoms with Gasteiger partial charge in [-0.15, -0.1) is 0 Å². The fourth-order valence-corrected chi connectivity index (χ4v) is 2.37. The summed E-state index contributed by atoms with van der Waals surface area (Å²) in [5.41, 5.74) is 8.14. The Hall–Kier alpha value is -1.52. The Morgan fingerprint density at radius 1 is 1.40 bits per heavy atom. The molecule has 1 unspecified atom stereocenters. The molecule has 5 heteroatoms. The number of benzene rings is 1. The highest BCUT2D eigenvalue weighted by molar-refractivity contribution is 6.31. The van der Waals surface area contributed by atoms with Crippen LogP contribution in [0.2, 0.25) is 5.02 Å². The molecule has 1 aromatic heterocycles. The van der Waals surface area contributed by atoms with Gasteiger partial charge < -0.3 is 10.5 Å². The van der Waals surface area contributed by atoms with Gasteiger partial charge in [0.1, 0.15) is 5.75 Å². The van der Waals surface area contributed by atoms with Crippen LogP contribution in [0.15, 0.2) is 30.5 Å². The number of nitrogens with zero attached hydrogens (tertiary/aromatic N) is 2. The summed E-state index contributed by atoms with van der Waals surface area (Å²) in [5, 5.41) is 4.82. The maximum Gasteiger partial charge on any atom is 0.119 e. The monoisotopic (exact) mass is 293 g/mol. The molecule has 0 amide bonds. The molecule has 0 radical (unpaired) electrons. The molecule has 108 valence electrons. The van der Waals surface area contributed by atoms with Gasteiger partial charge in [0.05, 0.1) is 29.6 Å². The zero-order chi connectivity index (χ0) is 14.5. The van der Waals surface area contributed by atoms with Gasteiger partial charge in [0.2, 0.25) is 0 Å². The van der Waals surface area contributed by atoms with Gasteiger partial charge >= 0.3 is 0 Å². The highest BCUT2D eigenvalue weighted by atomic mass is 35.5. The van der Waals surface area contributed by atoms with Crippen molar-refractivity contribution >= 4 is 11.6 Å². The maximum absolute atomic E-state index is 6.33. The average Bonchev–Trinajstić information content (AvgIpc) is 2.85. The van der Waals surface area contributed by atoms with E-state index in [4.69, 9.17) is 22.1 Å². The number of aryl methyl sites for hydroxylation is 1. The number of rotatable bonds is 6. The van der Waals surface area contributed by atoms with Gasteiger partial charge in [-0.3, -0.25) is 4.68 Å². The van der Waals surface area contributed by atoms with Gasteiger partial charge in [0.25, 0.3) is 0 Å². The van der Waals surface area contributed by atoms with Crippen molar-refractivity contribution in [2.75, 3.05) is 6.61 Å². The van der Waals surface area contributed by atoms with Gasteiger partial charge in [-0.05, 0) is 31.0 Å². The van der Waals surface area contributed by atoms with Crippen LogP contribution >= 0.6 is 11.6 Å². The second kappa shape index (κ2) is 6.77. The van der Waals surface area contributed by atoms with E-state index in [0.717, 1.165) is 30.0 Å². The van der Waals surface area contributed by atoms with Crippen molar-refractivity contribution in [2.24, 2.45) is 5.73 Å². The normalized spacial score (nSPS) is 12.4. The summed E-state index contributed by atoms with van der Waals surface area (Å²) < 4.78 is 7.47. The summed E-state index contributed by atoms with van der Waals surface area (Å²) in [7, 11) is 0. The lowest BCUT2D eigenvalue weighted by atomic mass is 10.0. The number of aromatic nitrogens is 2. The molecular formula is C15H20ClN3O. The quantitative estimate of drug-likeness (QED) is 0.888. The third-order valence-corrected chi connectivity index (χ3v) is 3.41. The first-order chi connectivity index (χ1) is 9.67. The van der Waals surface area contributed by atoms with Crippen molar-refractivity contribution in [3.05, 3.63) is 46.7 Å². The molecule has 0 saturated heterocycles. The van der Waals surface area contributed by atoms with E-state index in [2.05, 4.69) is 12.0 Å². The van der Waals surface area contributed by atoms with Crippen LogP contribution in [-0.2, 0) is 6.54 Å². The van der Waals surface area contributed by atoms with Gasteiger partial charge in [-0.25, -0.2) is 0 Å². The standard InChI is InChI=1S/C15H20ClN3O/c1-3-8-20-12-7-5-6-11(9-12)14(17)15-13(16)10-18-19(15)4-2/h5-7,9-10,14H,3-4,8,17H2,1-2H3. The molecule has 1 atom stereocenters. The van der Waals surface area contributed by atoms with E-state index >= 15 is 0 Å². The largest absolute Gasteiger partial charge is 0.494 e. The van der Waals surface area contributed by atoms with E-state index in [9.17, 15) is 0 Å². The number of nitrogens with two attached hydrogens (primary N) is 1. The van der Waals surface area contributed by atoms with Crippen molar-refractivity contribution < 1.29 is 4.74 Å². The van der Waals surface area contributed by atoms with E-state index in [-0.39, 0.29) is 6.04 Å². The van der Waals surface area contributed by atoms with Gasteiger partial charge in [-0.2, -0.15) is 5.10 Å². The molecular weight excluding hydrogens is 274 g/mol. The number of hydrogen-bond acceptors (Lipinski definition) is 3. The maximum atomic E-state index is 6.33. The van der Waals surface area contributed by atoms with Crippen LogP contribution in [0.25, 0.3) is 0 Å². The Labute approximate surface area is 124 Å². The summed E-state index contributed by atoms with van der Waals surface area (Å²) in [6.07, 6.45) is 2.61. The summed E-state index contributed by atoms with van der Waals surface area (Å²) in [4.78, 5) is 0. The molecule has 0 spiro atoms. The molecule has 0 bridgehead atoms. The average molecular weight is 294 g/mol. The highest BCUT2D eigenvalue weighted by Crippen LogP contribution is 2.28. The smallest absolute Gasteiger partial charge is 0.119 e. The molecule has 20 heavy (non-hydrogen) atoms. The van der Waals surface area contributed by atoms with Crippen LogP contribution in [-0.4, -0.2) is 16.4 Å². The zero-order valence-electron chi connectivity index (χ0n) is 11.8. The second-order valence-electron chi connectivity index (χ2n) is 4.59. The van der Waals surface area contributed by atoms with Crippen molar-refractivity contribution in [3.8, 4) is 5.75 Å². The lowest BCUT2D eigenvalue weighted by Crippen LogP contribution is -2.17. The lowest BCUT2D eigenvalue weighted by molar-refractivity contribution is 0.317. The van der Waals surface area contributed by atoms with Crippen molar-refractivity contribution in [1.82, 2.24) is 9.78 Å². The minimum atomic E-state index is -0.310. The van der Waals surface area contributed by atoms with E-state index in [0.29, 0.717) is 11.6 Å². The second-order valence-corrected chi connectivity index (χ2v) is 5.00. The van der Waals surface area contributed by atoms with Gasteiger partial charge in [0, 0.05) is 6.54 Å². The van der Waals surface area contributed by atoms with Crippen molar-refractivity contribution in [3.63, 3.8) is 0 Å². The Bertz CT molecular complexity index is 568. The molecule has 0 saturated carbocycles. The van der Waals surface area contributed by atoms with E-state index in [1.807, 2.05) is 35.9 Å². The van der Waals surface area contributed by atoms with Crippen LogP contribution in [0.4, 0.5) is 0 Å². The molecule has 1 heterocycles. The predicted octanol–water partition coefficient (Wildman–Crippen LogP) is 3.39. The lowest BCUT2D eigenvalue weighted by Gasteiger charge is -2.15. The molecule has 2 aromatic rings. The summed E-state index contributed by atoms with van der Waals surface area (Å²) >= 11 is 6.20. The minimum absolute atomic E-state index is 0.310. The molecule has 0 aliphatic heterocycles. The molecule has 4 nitrogen and oxygen atoms in total. The first kappa shape index (κ1) is 14.9. The fraction of sp³-hybridized carbons (Fsp3) is 0.400. The molecule has 2 rings (SSSR count). The molecule has 0 aliphatic carbocycles. The third kappa shape index (κ3) is 3.14. The van der Waals surface area contributed by atoms with E-state index in [1.54, 1.807) is 6.20 Å². The Balaban J connectivity index is 2.28. The molecule has 2 N–H and O–H groups in total. The Morgan fingerprint density at radius 3 is 2.90 bits per heavy atom. The highest BCUT2D eigenvalue weighted by Gasteiger charge is 2.18. The number of halogens is 1. The van der Waals surface area contributed by atoms with E-state index < -0.39 is 0 Å². The van der Waals surface area contributed by atoms with Crippen molar-refractivity contribution in [2.45, 2.75) is 32.9 Å². The first-order valence-electron chi connectivity index (χ1n) is 6.86. The van der Waals surface area contributed by atoms with Crippen molar-refractivity contribution in [1.29, 1.82) is 0 Å². The zero-order valence-corrected chi connectivity index (χ0v) is 12.6. The van der Waals surface area contributed by atoms with Crippen LogP contribution in [0.5, 0.6) is 5.75 Å². The van der Waals surface area contributed by atoms with Gasteiger partial charge in [-0.1, -0.05) is 30.7 Å². The minimum Gasteiger partial charge on any atom is -0.494 e. The van der Waals surface area contributed by atoms with Crippen LogP contribution in [0.3, 0.4) is 0 Å². The third-order valence-electron chi connectivity index (χ3n) is 3.12. The van der Waals surface area contributed by atoms with Crippen LogP contribution in [0.1, 0.15) is 37.6 Å². The summed E-state index contributed by atoms with van der Waals surface area (Å²) in [6.45, 7) is 5.53. The fourth-order valence-electron chi connectivity index (χ4n) is 2.11. The number of ether oxygens (including phenoxy) is 1. The Kier molecular flexibility index (Phi) is 5.04. The van der Waals surface area contributed by atoms with Gasteiger partial charge in [0.15, 0.2) is 0 Å². The van der Waals surface area contributed by atoms with Crippen LogP contribution < -0.4 is 10.5 Å². The topological polar surface area (TPSA) is 53.1 Å². The predicted molar refractivity (Wildman–Crippen MR) is 81.2 cm³/mol. The van der Waals surface area contributed by atoms with Crippen LogP contribution in [0, 0.1) is 0 Å². The molecule has 1 aromatic carbocycles. The number of hydrogen-bond donors (Lipinski definition) is 1. The SMILES string of the molecule is CCCOc1cccc(C(N)c2c(Cl)cnn2CC)c1. The molecule has 0 aliphatic rings. The summed E-state index contributed by atoms with van der Waals surface area (Å²) in [5.74, 6) is 0.832. The van der Waals surface area contributed by atoms with E-state index in [1.165, 1.54) is 0 Å².